The Balaban J connectivity index is 1.79. The van der Waals surface area contributed by atoms with E-state index in [-0.39, 0.29) is 11.7 Å². The summed E-state index contributed by atoms with van der Waals surface area (Å²) in [6.45, 7) is 1.46. The van der Waals surface area contributed by atoms with Crippen molar-refractivity contribution < 1.29 is 9.59 Å². The minimum Gasteiger partial charge on any atom is -0.348 e. The van der Waals surface area contributed by atoms with Crippen molar-refractivity contribution in [3.63, 3.8) is 0 Å². The second-order valence-electron chi connectivity index (χ2n) is 5.21. The van der Waals surface area contributed by atoms with Gasteiger partial charge < -0.3 is 10.3 Å². The summed E-state index contributed by atoms with van der Waals surface area (Å²) in [7, 11) is 0. The molecule has 2 aromatic carbocycles. The molecule has 5 heteroatoms. The van der Waals surface area contributed by atoms with Gasteiger partial charge in [-0.1, -0.05) is 42.1 Å². The lowest BCUT2D eigenvalue weighted by atomic mass is 10.3. The van der Waals surface area contributed by atoms with Crippen LogP contribution in [0.15, 0.2) is 76.5 Å². The number of hydrogen-bond donors (Lipinski definition) is 2. The standard InChI is InChI=1S/C19H16N2O2S/c1-13(22)15-11-12-17(20-15)19(23)21-16-9-5-6-10-18(16)24-14-7-3-2-4-8-14/h2-12,20H,1H3,(H,21,23). The number of nitrogens with one attached hydrogen (secondary N) is 2. The summed E-state index contributed by atoms with van der Waals surface area (Å²) < 4.78 is 0. The highest BCUT2D eigenvalue weighted by atomic mass is 32.2. The molecule has 24 heavy (non-hydrogen) atoms. The number of Topliss-reactive ketones (excluding diaryl/α,β-unsaturated/α-hetero) is 1. The van der Waals surface area contributed by atoms with E-state index in [0.717, 1.165) is 15.5 Å². The van der Waals surface area contributed by atoms with Gasteiger partial charge in [0.2, 0.25) is 0 Å². The van der Waals surface area contributed by atoms with Crippen LogP contribution in [0.1, 0.15) is 27.9 Å². The Morgan fingerprint density at radius 1 is 0.875 bits per heavy atom. The number of benzene rings is 2. The molecule has 0 saturated heterocycles. The van der Waals surface area contributed by atoms with Gasteiger partial charge in [0.1, 0.15) is 5.69 Å². The molecular weight excluding hydrogens is 320 g/mol. The van der Waals surface area contributed by atoms with Crippen LogP contribution < -0.4 is 5.32 Å². The molecule has 0 saturated carbocycles. The number of aromatic nitrogens is 1. The fourth-order valence-electron chi connectivity index (χ4n) is 2.20. The number of rotatable bonds is 5. The lowest BCUT2D eigenvalue weighted by Crippen LogP contribution is -2.13. The molecule has 0 radical (unpaired) electrons. The summed E-state index contributed by atoms with van der Waals surface area (Å²) in [6.07, 6.45) is 0. The third-order valence-electron chi connectivity index (χ3n) is 3.42. The molecule has 0 aliphatic rings. The molecule has 1 aromatic heterocycles. The second-order valence-corrected chi connectivity index (χ2v) is 6.32. The van der Waals surface area contributed by atoms with E-state index in [1.165, 1.54) is 6.92 Å². The van der Waals surface area contributed by atoms with Crippen LogP contribution in [0.4, 0.5) is 5.69 Å². The van der Waals surface area contributed by atoms with E-state index in [1.54, 1.807) is 23.9 Å². The van der Waals surface area contributed by atoms with Crippen LogP contribution in [0.3, 0.4) is 0 Å². The minimum absolute atomic E-state index is 0.103. The summed E-state index contributed by atoms with van der Waals surface area (Å²) in [6, 6.07) is 20.8. The maximum absolute atomic E-state index is 12.4. The average molecular weight is 336 g/mol. The number of amides is 1. The monoisotopic (exact) mass is 336 g/mol. The van der Waals surface area contributed by atoms with Crippen molar-refractivity contribution in [2.24, 2.45) is 0 Å². The van der Waals surface area contributed by atoms with Gasteiger partial charge in [0.05, 0.1) is 11.4 Å². The summed E-state index contributed by atoms with van der Waals surface area (Å²) in [5.74, 6) is -0.377. The number of anilines is 1. The van der Waals surface area contributed by atoms with Gasteiger partial charge in [-0.25, -0.2) is 0 Å². The molecule has 0 unspecified atom stereocenters. The first-order valence-corrected chi connectivity index (χ1v) is 8.28. The Kier molecular flexibility index (Phi) is 4.82. The number of carbonyl (C=O) groups excluding carboxylic acids is 2. The topological polar surface area (TPSA) is 62.0 Å². The predicted molar refractivity (Wildman–Crippen MR) is 95.8 cm³/mol. The van der Waals surface area contributed by atoms with Gasteiger partial charge in [-0.3, -0.25) is 9.59 Å². The largest absolute Gasteiger partial charge is 0.348 e. The second kappa shape index (κ2) is 7.19. The van der Waals surface area contributed by atoms with Crippen molar-refractivity contribution >= 4 is 29.1 Å². The van der Waals surface area contributed by atoms with Crippen molar-refractivity contribution in [3.05, 3.63) is 78.1 Å². The van der Waals surface area contributed by atoms with Crippen LogP contribution in [-0.2, 0) is 0 Å². The summed E-state index contributed by atoms with van der Waals surface area (Å²) >= 11 is 1.58. The first kappa shape index (κ1) is 16.1. The Labute approximate surface area is 144 Å². The lowest BCUT2D eigenvalue weighted by Gasteiger charge is -2.10. The van der Waals surface area contributed by atoms with Gasteiger partial charge in [0.25, 0.3) is 5.91 Å². The first-order valence-electron chi connectivity index (χ1n) is 7.47. The van der Waals surface area contributed by atoms with Gasteiger partial charge >= 0.3 is 0 Å². The number of carbonyl (C=O) groups is 2. The lowest BCUT2D eigenvalue weighted by molar-refractivity contribution is 0.101. The van der Waals surface area contributed by atoms with Gasteiger partial charge in [0, 0.05) is 16.7 Å². The molecule has 0 atom stereocenters. The summed E-state index contributed by atoms with van der Waals surface area (Å²) in [5.41, 5.74) is 1.52. The van der Waals surface area contributed by atoms with Crippen LogP contribution >= 0.6 is 11.8 Å². The maximum Gasteiger partial charge on any atom is 0.272 e. The predicted octanol–water partition coefficient (Wildman–Crippen LogP) is 4.62. The fourth-order valence-corrected chi connectivity index (χ4v) is 3.12. The van der Waals surface area contributed by atoms with Crippen molar-refractivity contribution in [1.82, 2.24) is 4.98 Å². The van der Waals surface area contributed by atoms with Gasteiger partial charge in [0.15, 0.2) is 5.78 Å². The molecule has 1 amide bonds. The molecule has 0 aliphatic carbocycles. The van der Waals surface area contributed by atoms with Crippen molar-refractivity contribution in [3.8, 4) is 0 Å². The average Bonchev–Trinajstić information content (AvgIpc) is 3.08. The van der Waals surface area contributed by atoms with Crippen molar-refractivity contribution in [2.75, 3.05) is 5.32 Å². The number of H-pyrrole nitrogens is 1. The highest BCUT2D eigenvalue weighted by Gasteiger charge is 2.12. The van der Waals surface area contributed by atoms with E-state index in [4.69, 9.17) is 0 Å². The molecule has 0 spiro atoms. The Morgan fingerprint density at radius 3 is 2.25 bits per heavy atom. The Hall–Kier alpha value is -2.79. The minimum atomic E-state index is -0.274. The SMILES string of the molecule is CC(=O)c1ccc(C(=O)Nc2ccccc2Sc2ccccc2)[nH]1. The van der Waals surface area contributed by atoms with Crippen LogP contribution in [0, 0.1) is 0 Å². The van der Waals surface area contributed by atoms with Crippen molar-refractivity contribution in [2.45, 2.75) is 16.7 Å². The first-order chi connectivity index (χ1) is 11.6. The summed E-state index contributed by atoms with van der Waals surface area (Å²) in [4.78, 5) is 28.6. The molecule has 0 aliphatic heterocycles. The third-order valence-corrected chi connectivity index (χ3v) is 4.50. The van der Waals surface area contributed by atoms with Gasteiger partial charge in [-0.05, 0) is 36.4 Å². The molecule has 2 N–H and O–H groups in total. The zero-order valence-corrected chi connectivity index (χ0v) is 13.9. The van der Waals surface area contributed by atoms with Crippen LogP contribution in [-0.4, -0.2) is 16.7 Å². The van der Waals surface area contributed by atoms with Crippen LogP contribution in [0.5, 0.6) is 0 Å². The number of para-hydroxylation sites is 1. The van der Waals surface area contributed by atoms with Crippen LogP contribution in [0.2, 0.25) is 0 Å². The smallest absolute Gasteiger partial charge is 0.272 e. The van der Waals surface area contributed by atoms with E-state index in [0.29, 0.717) is 11.4 Å². The number of ketones is 1. The Morgan fingerprint density at radius 2 is 1.54 bits per heavy atom. The number of hydrogen-bond acceptors (Lipinski definition) is 3. The third kappa shape index (κ3) is 3.75. The molecular formula is C19H16N2O2S. The molecule has 4 nitrogen and oxygen atoms in total. The quantitative estimate of drug-likeness (QED) is 0.668. The molecule has 3 rings (SSSR count). The van der Waals surface area contributed by atoms with E-state index in [1.807, 2.05) is 54.6 Å². The fraction of sp³-hybridized carbons (Fsp3) is 0.0526. The van der Waals surface area contributed by atoms with E-state index in [9.17, 15) is 9.59 Å². The molecule has 3 aromatic rings. The molecule has 0 fully saturated rings. The zero-order valence-electron chi connectivity index (χ0n) is 13.1. The van der Waals surface area contributed by atoms with E-state index < -0.39 is 0 Å². The normalized spacial score (nSPS) is 10.4. The highest BCUT2D eigenvalue weighted by molar-refractivity contribution is 7.99. The highest BCUT2D eigenvalue weighted by Crippen LogP contribution is 2.33. The molecule has 1 heterocycles. The Bertz CT molecular complexity index is 872. The maximum atomic E-state index is 12.4. The summed E-state index contributed by atoms with van der Waals surface area (Å²) in [5, 5.41) is 2.90. The van der Waals surface area contributed by atoms with Crippen LogP contribution in [0.25, 0.3) is 0 Å². The molecule has 0 bridgehead atoms. The molecule has 120 valence electrons. The van der Waals surface area contributed by atoms with E-state index in [2.05, 4.69) is 10.3 Å². The van der Waals surface area contributed by atoms with Crippen molar-refractivity contribution in [1.29, 1.82) is 0 Å². The van der Waals surface area contributed by atoms with E-state index >= 15 is 0 Å². The zero-order chi connectivity index (χ0) is 16.9. The van der Waals surface area contributed by atoms with Gasteiger partial charge in [-0.2, -0.15) is 0 Å². The van der Waals surface area contributed by atoms with Gasteiger partial charge in [-0.15, -0.1) is 0 Å². The number of aromatic amines is 1.